The van der Waals surface area contributed by atoms with Crippen LogP contribution in [0.2, 0.25) is 0 Å². The number of Topliss-reactive ketones (excluding diaryl/α,β-unsaturated/α-hetero) is 1. The normalized spacial score (nSPS) is 20.0. The van der Waals surface area contributed by atoms with E-state index in [2.05, 4.69) is 29.0 Å². The Bertz CT molecular complexity index is 814. The predicted octanol–water partition coefficient (Wildman–Crippen LogP) is 3.59. The van der Waals surface area contributed by atoms with E-state index < -0.39 is 0 Å². The number of nitrogens with two attached hydrogens (primary N) is 1. The van der Waals surface area contributed by atoms with E-state index in [1.54, 1.807) is 18.3 Å². The lowest BCUT2D eigenvalue weighted by molar-refractivity contribution is -0.120. The average Bonchev–Trinajstić information content (AvgIpc) is 2.61. The molecular formula is C22H30N4O2. The fourth-order valence-electron chi connectivity index (χ4n) is 4.01. The van der Waals surface area contributed by atoms with Crippen molar-refractivity contribution < 1.29 is 9.53 Å². The Hall–Kier alpha value is -2.60. The monoisotopic (exact) mass is 382 g/mol. The first-order valence-corrected chi connectivity index (χ1v) is 9.87. The summed E-state index contributed by atoms with van der Waals surface area (Å²) in [6.45, 7) is 6.99. The lowest BCUT2D eigenvalue weighted by Gasteiger charge is -2.34. The highest BCUT2D eigenvalue weighted by atomic mass is 16.5. The number of nitrogens with zero attached hydrogens (tertiary/aromatic N) is 2. The summed E-state index contributed by atoms with van der Waals surface area (Å²) in [5.41, 5.74) is 8.18. The van der Waals surface area contributed by atoms with Crippen molar-refractivity contribution >= 4 is 17.2 Å². The number of nitrogens with one attached hydrogen (secondary N) is 1. The Labute approximate surface area is 167 Å². The molecule has 1 fully saturated rings. The van der Waals surface area contributed by atoms with Crippen molar-refractivity contribution in [1.29, 1.82) is 0 Å². The zero-order valence-electron chi connectivity index (χ0n) is 16.9. The third kappa shape index (κ3) is 5.45. The van der Waals surface area contributed by atoms with Crippen LogP contribution in [0.15, 0.2) is 36.5 Å². The molecule has 3 N–H and O–H groups in total. The number of pyridine rings is 1. The number of likely N-dealkylation sites (tertiary alicyclic amines) is 1. The first kappa shape index (κ1) is 20.1. The van der Waals surface area contributed by atoms with Gasteiger partial charge in [0.1, 0.15) is 11.5 Å². The van der Waals surface area contributed by atoms with E-state index in [-0.39, 0.29) is 5.78 Å². The van der Waals surface area contributed by atoms with Gasteiger partial charge in [-0.3, -0.25) is 14.7 Å². The molecule has 0 bridgehead atoms. The van der Waals surface area contributed by atoms with Crippen LogP contribution in [0.3, 0.4) is 0 Å². The Balaban J connectivity index is 1.60. The van der Waals surface area contributed by atoms with Gasteiger partial charge in [0.25, 0.3) is 0 Å². The molecule has 0 spiro atoms. The second-order valence-corrected chi connectivity index (χ2v) is 7.94. The van der Waals surface area contributed by atoms with E-state index >= 15 is 0 Å². The summed E-state index contributed by atoms with van der Waals surface area (Å²) in [6.07, 6.45) is 3.23. The third-order valence-corrected chi connectivity index (χ3v) is 5.04. The van der Waals surface area contributed by atoms with Crippen LogP contribution in [0.5, 0.6) is 11.5 Å². The van der Waals surface area contributed by atoms with Crippen molar-refractivity contribution in [1.82, 2.24) is 9.88 Å². The summed E-state index contributed by atoms with van der Waals surface area (Å²) >= 11 is 0. The smallest absolute Gasteiger partial charge is 0.152 e. The second-order valence-electron chi connectivity index (χ2n) is 7.94. The molecule has 150 valence electrons. The Morgan fingerprint density at radius 3 is 2.61 bits per heavy atom. The van der Waals surface area contributed by atoms with Crippen molar-refractivity contribution in [3.05, 3.63) is 42.2 Å². The Kier molecular flexibility index (Phi) is 6.52. The molecule has 2 unspecified atom stereocenters. The largest absolute Gasteiger partial charge is 0.457 e. The minimum atomic E-state index is 0.188. The van der Waals surface area contributed by atoms with E-state index in [1.807, 2.05) is 25.2 Å². The minimum Gasteiger partial charge on any atom is -0.457 e. The SMILES string of the molecule is CNc1ccc(Oc2ccnc(CC(=O)CN3CC(C)CC(C)C3)c2)cc1N. The molecule has 3 rings (SSSR count). The van der Waals surface area contributed by atoms with Crippen LogP contribution >= 0.6 is 0 Å². The summed E-state index contributed by atoms with van der Waals surface area (Å²) in [6, 6.07) is 9.10. The maximum atomic E-state index is 12.5. The lowest BCUT2D eigenvalue weighted by Crippen LogP contribution is -2.41. The molecule has 1 aromatic heterocycles. The van der Waals surface area contributed by atoms with Crippen LogP contribution < -0.4 is 15.8 Å². The van der Waals surface area contributed by atoms with Gasteiger partial charge in [-0.15, -0.1) is 0 Å². The van der Waals surface area contributed by atoms with Gasteiger partial charge in [0.05, 0.1) is 30.0 Å². The van der Waals surface area contributed by atoms with Gasteiger partial charge in [0, 0.05) is 38.5 Å². The van der Waals surface area contributed by atoms with Crippen molar-refractivity contribution in [2.75, 3.05) is 37.7 Å². The highest BCUT2D eigenvalue weighted by Crippen LogP contribution is 2.28. The van der Waals surface area contributed by atoms with Crippen LogP contribution in [0.4, 0.5) is 11.4 Å². The molecule has 1 saturated heterocycles. The van der Waals surface area contributed by atoms with E-state index in [9.17, 15) is 4.79 Å². The average molecular weight is 383 g/mol. The van der Waals surface area contributed by atoms with Crippen molar-refractivity contribution in [3.63, 3.8) is 0 Å². The quantitative estimate of drug-likeness (QED) is 0.713. The first-order valence-electron chi connectivity index (χ1n) is 9.87. The molecule has 6 heteroatoms. The number of benzene rings is 1. The molecule has 6 nitrogen and oxygen atoms in total. The van der Waals surface area contributed by atoms with Crippen molar-refractivity contribution in [2.24, 2.45) is 11.8 Å². The van der Waals surface area contributed by atoms with E-state index in [0.717, 1.165) is 24.5 Å². The summed E-state index contributed by atoms with van der Waals surface area (Å²) in [4.78, 5) is 19.1. The van der Waals surface area contributed by atoms with Gasteiger partial charge in [0.15, 0.2) is 5.78 Å². The number of carbonyl (C=O) groups excluding carboxylic acids is 1. The molecule has 2 atom stereocenters. The predicted molar refractivity (Wildman–Crippen MR) is 113 cm³/mol. The lowest BCUT2D eigenvalue weighted by atomic mass is 9.92. The van der Waals surface area contributed by atoms with Gasteiger partial charge in [-0.1, -0.05) is 13.8 Å². The Morgan fingerprint density at radius 2 is 1.93 bits per heavy atom. The number of ketones is 1. The first-order chi connectivity index (χ1) is 13.4. The fraction of sp³-hybridized carbons (Fsp3) is 0.455. The van der Waals surface area contributed by atoms with Crippen LogP contribution in [0.25, 0.3) is 0 Å². The van der Waals surface area contributed by atoms with Crippen LogP contribution in [0.1, 0.15) is 26.0 Å². The summed E-state index contributed by atoms with van der Waals surface area (Å²) in [5.74, 6) is 2.78. The highest BCUT2D eigenvalue weighted by molar-refractivity contribution is 5.82. The summed E-state index contributed by atoms with van der Waals surface area (Å²) < 4.78 is 5.89. The van der Waals surface area contributed by atoms with E-state index in [0.29, 0.717) is 42.0 Å². The maximum absolute atomic E-state index is 12.5. The van der Waals surface area contributed by atoms with E-state index in [4.69, 9.17) is 10.5 Å². The number of rotatable bonds is 7. The molecule has 1 aliphatic heterocycles. The number of ether oxygens (including phenoxy) is 1. The number of piperidine rings is 1. The van der Waals surface area contributed by atoms with Gasteiger partial charge >= 0.3 is 0 Å². The molecular weight excluding hydrogens is 352 g/mol. The summed E-state index contributed by atoms with van der Waals surface area (Å²) in [5, 5.41) is 3.02. The van der Waals surface area contributed by atoms with Gasteiger partial charge in [0.2, 0.25) is 0 Å². The maximum Gasteiger partial charge on any atom is 0.152 e. The molecule has 2 aromatic rings. The number of nitrogen functional groups attached to an aromatic ring is 1. The number of anilines is 2. The highest BCUT2D eigenvalue weighted by Gasteiger charge is 2.23. The molecule has 0 saturated carbocycles. The molecule has 0 amide bonds. The molecule has 1 aromatic carbocycles. The zero-order chi connectivity index (χ0) is 20.1. The number of hydrogen-bond acceptors (Lipinski definition) is 6. The van der Waals surface area contributed by atoms with Gasteiger partial charge < -0.3 is 15.8 Å². The molecule has 2 heterocycles. The van der Waals surface area contributed by atoms with E-state index in [1.165, 1.54) is 6.42 Å². The standard InChI is InChI=1S/C22H30N4O2/c1-15-8-16(2)13-26(12-15)14-18(27)9-17-10-20(6-7-25-17)28-19-4-5-22(24-3)21(23)11-19/h4-7,10-11,15-16,24H,8-9,12-14,23H2,1-3H3. The van der Waals surface area contributed by atoms with Crippen LogP contribution in [-0.2, 0) is 11.2 Å². The molecule has 0 radical (unpaired) electrons. The number of hydrogen-bond donors (Lipinski definition) is 2. The minimum absolute atomic E-state index is 0.188. The second kappa shape index (κ2) is 9.06. The summed E-state index contributed by atoms with van der Waals surface area (Å²) in [7, 11) is 1.82. The van der Waals surface area contributed by atoms with Gasteiger partial charge in [-0.05, 0) is 36.5 Å². The number of aromatic nitrogens is 1. The molecule has 1 aliphatic rings. The topological polar surface area (TPSA) is 80.5 Å². The van der Waals surface area contributed by atoms with Gasteiger partial charge in [-0.25, -0.2) is 0 Å². The zero-order valence-corrected chi connectivity index (χ0v) is 16.9. The van der Waals surface area contributed by atoms with Crippen molar-refractivity contribution in [2.45, 2.75) is 26.7 Å². The molecule has 28 heavy (non-hydrogen) atoms. The van der Waals surface area contributed by atoms with Crippen LogP contribution in [0, 0.1) is 11.8 Å². The third-order valence-electron chi connectivity index (χ3n) is 5.04. The Morgan fingerprint density at radius 1 is 1.21 bits per heavy atom. The number of carbonyl (C=O) groups is 1. The fourth-order valence-corrected chi connectivity index (χ4v) is 4.01. The molecule has 0 aliphatic carbocycles. The van der Waals surface area contributed by atoms with Crippen molar-refractivity contribution in [3.8, 4) is 11.5 Å². The van der Waals surface area contributed by atoms with Crippen LogP contribution in [-0.4, -0.2) is 42.3 Å². The van der Waals surface area contributed by atoms with Gasteiger partial charge in [-0.2, -0.15) is 0 Å².